The second kappa shape index (κ2) is 11.0. The van der Waals surface area contributed by atoms with E-state index in [4.69, 9.17) is 5.26 Å². The number of rotatable bonds is 7. The molecule has 1 aliphatic rings. The van der Waals surface area contributed by atoms with E-state index < -0.39 is 17.5 Å². The fourth-order valence-corrected chi connectivity index (χ4v) is 5.05. The number of fused-ring (bicyclic) bond motifs is 1. The van der Waals surface area contributed by atoms with Gasteiger partial charge in [0.1, 0.15) is 5.82 Å². The van der Waals surface area contributed by atoms with E-state index in [0.29, 0.717) is 30.0 Å². The molecule has 1 N–H and O–H groups in total. The topological polar surface area (TPSA) is 154 Å². The molecule has 1 aromatic carbocycles. The van der Waals surface area contributed by atoms with E-state index in [1.807, 2.05) is 4.90 Å². The summed E-state index contributed by atoms with van der Waals surface area (Å²) in [5.74, 6) is -1.78. The lowest BCUT2D eigenvalue weighted by Crippen LogP contribution is -2.51. The van der Waals surface area contributed by atoms with Gasteiger partial charge in [0, 0.05) is 45.0 Å². The average molecular weight is 564 g/mol. The first-order valence-electron chi connectivity index (χ1n) is 13.0. The molecule has 208 valence electrons. The highest BCUT2D eigenvalue weighted by atomic mass is 19.1. The minimum atomic E-state index is -0.849. The van der Waals surface area contributed by atoms with E-state index in [2.05, 4.69) is 31.3 Å². The molecule has 1 amide bonds. The van der Waals surface area contributed by atoms with Gasteiger partial charge in [-0.25, -0.2) is 19.0 Å². The fourth-order valence-electron chi connectivity index (χ4n) is 5.05. The summed E-state index contributed by atoms with van der Waals surface area (Å²) in [5.41, 5.74) is 1.75. The molecule has 42 heavy (non-hydrogen) atoms. The number of carbonyl (C=O) groups is 3. The molecule has 0 saturated carbocycles. The first-order valence-corrected chi connectivity index (χ1v) is 13.0. The summed E-state index contributed by atoms with van der Waals surface area (Å²) in [7, 11) is 0. The van der Waals surface area contributed by atoms with Crippen LogP contribution in [0.5, 0.6) is 0 Å². The Morgan fingerprint density at radius 1 is 1.00 bits per heavy atom. The zero-order valence-electron chi connectivity index (χ0n) is 22.1. The number of amides is 1. The van der Waals surface area contributed by atoms with Crippen molar-refractivity contribution in [2.45, 2.75) is 6.42 Å². The molecule has 0 radical (unpaired) electrons. The van der Waals surface area contributed by atoms with E-state index in [0.717, 1.165) is 11.8 Å². The van der Waals surface area contributed by atoms with E-state index in [-0.39, 0.29) is 47.6 Å². The van der Waals surface area contributed by atoms with Crippen molar-refractivity contribution in [2.75, 3.05) is 31.1 Å². The number of H-pyrrole nitrogens is 1. The first kappa shape index (κ1) is 26.5. The third kappa shape index (κ3) is 4.86. The molecule has 13 heteroatoms. The van der Waals surface area contributed by atoms with Crippen molar-refractivity contribution in [3.63, 3.8) is 0 Å². The van der Waals surface area contributed by atoms with Crippen molar-refractivity contribution >= 4 is 34.2 Å². The van der Waals surface area contributed by atoms with Gasteiger partial charge in [-0.1, -0.05) is 17.3 Å². The van der Waals surface area contributed by atoms with E-state index in [1.54, 1.807) is 42.6 Å². The molecule has 0 unspecified atom stereocenters. The number of nitriles is 1. The number of anilines is 1. The Bertz CT molecular complexity index is 1870. The van der Waals surface area contributed by atoms with Crippen molar-refractivity contribution in [1.82, 2.24) is 34.8 Å². The number of ketones is 2. The molecule has 1 fully saturated rings. The van der Waals surface area contributed by atoms with Crippen LogP contribution in [-0.4, -0.2) is 78.5 Å². The number of hydrogen-bond acceptors (Lipinski definition) is 9. The lowest BCUT2D eigenvalue weighted by atomic mass is 10.0. The molecule has 5 heterocycles. The minimum absolute atomic E-state index is 0.0515. The summed E-state index contributed by atoms with van der Waals surface area (Å²) in [6, 6.07) is 12.4. The molecule has 0 spiro atoms. The van der Waals surface area contributed by atoms with Crippen LogP contribution in [-0.2, 0) is 11.2 Å². The largest absolute Gasteiger partial charge is 0.357 e. The number of benzene rings is 1. The van der Waals surface area contributed by atoms with Gasteiger partial charge in [0.2, 0.25) is 0 Å². The number of nitrogens with zero attached hydrogens (tertiary/aromatic N) is 8. The van der Waals surface area contributed by atoms with Crippen molar-refractivity contribution in [3.05, 3.63) is 95.5 Å². The van der Waals surface area contributed by atoms with Crippen LogP contribution in [0, 0.1) is 17.1 Å². The van der Waals surface area contributed by atoms with E-state index >= 15 is 0 Å². The quantitative estimate of drug-likeness (QED) is 0.232. The van der Waals surface area contributed by atoms with Crippen molar-refractivity contribution in [2.24, 2.45) is 0 Å². The maximum absolute atomic E-state index is 14.8. The Morgan fingerprint density at radius 2 is 1.83 bits per heavy atom. The highest BCUT2D eigenvalue weighted by Crippen LogP contribution is 2.27. The number of hydrogen-bond donors (Lipinski definition) is 1. The Hall–Kier alpha value is -5.77. The zero-order valence-corrected chi connectivity index (χ0v) is 22.1. The van der Waals surface area contributed by atoms with Crippen LogP contribution in [0.3, 0.4) is 0 Å². The second-order valence-electron chi connectivity index (χ2n) is 9.62. The number of carbonyl (C=O) groups excluding carboxylic acids is 3. The summed E-state index contributed by atoms with van der Waals surface area (Å²) < 4.78 is 16.2. The van der Waals surface area contributed by atoms with Gasteiger partial charge in [0.05, 0.1) is 52.3 Å². The van der Waals surface area contributed by atoms with Gasteiger partial charge in [0.15, 0.2) is 17.4 Å². The van der Waals surface area contributed by atoms with Gasteiger partial charge in [-0.2, -0.15) is 5.26 Å². The number of pyridine rings is 2. The van der Waals surface area contributed by atoms with Crippen molar-refractivity contribution in [3.8, 4) is 11.9 Å². The molecule has 0 atom stereocenters. The number of halogens is 1. The maximum atomic E-state index is 14.8. The highest BCUT2D eigenvalue weighted by molar-refractivity contribution is 6.45. The highest BCUT2D eigenvalue weighted by Gasteiger charge is 2.31. The number of aromatic nitrogens is 6. The normalized spacial score (nSPS) is 13.2. The molecule has 0 aliphatic carbocycles. The van der Waals surface area contributed by atoms with Crippen LogP contribution in [0.2, 0.25) is 0 Å². The molecule has 0 bridgehead atoms. The number of aromatic amines is 1. The van der Waals surface area contributed by atoms with E-state index in [1.165, 1.54) is 28.2 Å². The van der Waals surface area contributed by atoms with Crippen LogP contribution >= 0.6 is 0 Å². The van der Waals surface area contributed by atoms with Crippen molar-refractivity contribution < 1.29 is 18.8 Å². The Labute approximate surface area is 238 Å². The summed E-state index contributed by atoms with van der Waals surface area (Å²) >= 11 is 0. The van der Waals surface area contributed by atoms with Crippen LogP contribution in [0.1, 0.15) is 31.8 Å². The third-order valence-corrected chi connectivity index (χ3v) is 7.10. The summed E-state index contributed by atoms with van der Waals surface area (Å²) in [6.45, 7) is 1.08. The fraction of sp³-hybridized carbons (Fsp3) is 0.172. The minimum Gasteiger partial charge on any atom is -0.357 e. The maximum Gasteiger partial charge on any atom is 0.295 e. The Kier molecular flexibility index (Phi) is 6.93. The number of Topliss-reactive ketones (excluding diaryl/α,β-unsaturated/α-hetero) is 2. The lowest BCUT2D eigenvalue weighted by molar-refractivity contribution is -0.126. The molecule has 5 aromatic rings. The van der Waals surface area contributed by atoms with Crippen LogP contribution in [0.15, 0.2) is 67.4 Å². The first-order chi connectivity index (χ1) is 20.4. The molecular formula is C29H22FN9O3. The number of nitrogens with one attached hydrogen (secondary N) is 1. The zero-order chi connectivity index (χ0) is 29.2. The number of piperazine rings is 1. The predicted molar refractivity (Wildman–Crippen MR) is 148 cm³/mol. The van der Waals surface area contributed by atoms with Crippen LogP contribution in [0.25, 0.3) is 16.7 Å². The van der Waals surface area contributed by atoms with Crippen LogP contribution in [0.4, 0.5) is 10.2 Å². The summed E-state index contributed by atoms with van der Waals surface area (Å²) in [4.78, 5) is 54.3. The molecule has 1 aliphatic heterocycles. The average Bonchev–Trinajstić information content (AvgIpc) is 3.72. The molecule has 1 saturated heterocycles. The smallest absolute Gasteiger partial charge is 0.295 e. The second-order valence-corrected chi connectivity index (χ2v) is 9.62. The lowest BCUT2D eigenvalue weighted by Gasteiger charge is -2.35. The monoisotopic (exact) mass is 563 g/mol. The van der Waals surface area contributed by atoms with Crippen LogP contribution < -0.4 is 4.90 Å². The van der Waals surface area contributed by atoms with Gasteiger partial charge in [-0.15, -0.1) is 5.10 Å². The van der Waals surface area contributed by atoms with Gasteiger partial charge in [0.25, 0.3) is 11.7 Å². The van der Waals surface area contributed by atoms with Crippen molar-refractivity contribution in [1.29, 1.82) is 5.26 Å². The predicted octanol–water partition coefficient (Wildman–Crippen LogP) is 2.51. The Morgan fingerprint density at radius 3 is 2.60 bits per heavy atom. The summed E-state index contributed by atoms with van der Waals surface area (Å²) in [5, 5.41) is 16.7. The Balaban J connectivity index is 1.17. The molecule has 4 aromatic heterocycles. The van der Waals surface area contributed by atoms with Gasteiger partial charge in [-0.3, -0.25) is 14.4 Å². The standard InChI is InChI=1S/C29H22FN9O3/c30-22-17-34-28(39-8-7-35-36-39)25-24(22)21(16-33-25)26(41)29(42)38-11-9-37(10-12-38)27-20(5-2-6-32-27)23(40)14-18-3-1-4-19(13-18)15-31/h1-8,13,16-17,33H,9-12,14H2. The van der Waals surface area contributed by atoms with Gasteiger partial charge >= 0.3 is 0 Å². The molecular weight excluding hydrogens is 541 g/mol. The molecule has 6 rings (SSSR count). The SMILES string of the molecule is N#Cc1cccc(CC(=O)c2cccnc2N2CCN(C(=O)C(=O)c3c[nH]c4c(-n5ccnn5)ncc(F)c34)CC2)c1. The summed E-state index contributed by atoms with van der Waals surface area (Å²) in [6.07, 6.45) is 6.94. The third-order valence-electron chi connectivity index (χ3n) is 7.10. The molecule has 12 nitrogen and oxygen atoms in total. The van der Waals surface area contributed by atoms with Gasteiger partial charge in [-0.05, 0) is 29.8 Å². The van der Waals surface area contributed by atoms with Gasteiger partial charge < -0.3 is 14.8 Å². The van der Waals surface area contributed by atoms with E-state index in [9.17, 15) is 18.8 Å².